The molecule has 0 bridgehead atoms. The molecule has 0 fully saturated rings. The molecule has 1 heterocycles. The molecule has 132 valence electrons. The van der Waals surface area contributed by atoms with Crippen molar-refractivity contribution in [1.29, 1.82) is 0 Å². The fourth-order valence-corrected chi connectivity index (χ4v) is 4.80. The number of nitrogens with one attached hydrogen (secondary N) is 1. The van der Waals surface area contributed by atoms with Crippen LogP contribution in [0.2, 0.25) is 0 Å². The highest BCUT2D eigenvalue weighted by Gasteiger charge is 2.19. The molecule has 0 saturated carbocycles. The highest BCUT2D eigenvalue weighted by molar-refractivity contribution is 9.10. The van der Waals surface area contributed by atoms with Crippen LogP contribution in [0.5, 0.6) is 0 Å². The monoisotopic (exact) mass is 413 g/mol. The lowest BCUT2D eigenvalue weighted by atomic mass is 10.1. The smallest absolute Gasteiger partial charge is 0.241 e. The Kier molecular flexibility index (Phi) is 5.88. The van der Waals surface area contributed by atoms with Crippen molar-refractivity contribution in [3.8, 4) is 0 Å². The maximum Gasteiger partial charge on any atom is 0.241 e. The van der Waals surface area contributed by atoms with Crippen LogP contribution in [-0.4, -0.2) is 24.7 Å². The molecule has 1 N–H and O–H groups in total. The van der Waals surface area contributed by atoms with Crippen LogP contribution >= 0.6 is 15.9 Å². The maximum atomic E-state index is 12.6. The van der Waals surface area contributed by atoms with Gasteiger partial charge in [0, 0.05) is 18.8 Å². The van der Waals surface area contributed by atoms with Gasteiger partial charge >= 0.3 is 0 Å². The van der Waals surface area contributed by atoms with E-state index < -0.39 is 10.0 Å². The van der Waals surface area contributed by atoms with Gasteiger partial charge in [0.25, 0.3) is 0 Å². The van der Waals surface area contributed by atoms with E-state index >= 15 is 0 Å². The standard InChI is InChI=1S/C17H24BrN3O2S/c1-11-9-12(2)17(13(3)10-11)24(22,23)19-7-6-8-21-15(5)16(18)14(4)20-21/h9-10,19H,6-8H2,1-5H3. The van der Waals surface area contributed by atoms with E-state index in [-0.39, 0.29) is 0 Å². The summed E-state index contributed by atoms with van der Waals surface area (Å²) >= 11 is 3.50. The van der Waals surface area contributed by atoms with Crippen LogP contribution in [0.25, 0.3) is 0 Å². The molecule has 0 aliphatic heterocycles. The Labute approximate surface area is 152 Å². The average Bonchev–Trinajstić information content (AvgIpc) is 2.69. The largest absolute Gasteiger partial charge is 0.268 e. The van der Waals surface area contributed by atoms with Gasteiger partial charge in [0.1, 0.15) is 0 Å². The average molecular weight is 414 g/mol. The lowest BCUT2D eigenvalue weighted by molar-refractivity contribution is 0.543. The van der Waals surface area contributed by atoms with Crippen molar-refractivity contribution in [1.82, 2.24) is 14.5 Å². The fourth-order valence-electron chi connectivity index (χ4n) is 2.99. The Morgan fingerprint density at radius 2 is 1.71 bits per heavy atom. The van der Waals surface area contributed by atoms with Crippen molar-refractivity contribution < 1.29 is 8.42 Å². The summed E-state index contributed by atoms with van der Waals surface area (Å²) in [5, 5.41) is 4.43. The normalized spacial score (nSPS) is 11.9. The van der Waals surface area contributed by atoms with E-state index in [1.165, 1.54) is 0 Å². The van der Waals surface area contributed by atoms with Gasteiger partial charge < -0.3 is 0 Å². The first-order valence-electron chi connectivity index (χ1n) is 7.90. The summed E-state index contributed by atoms with van der Waals surface area (Å²) in [7, 11) is -3.49. The molecule has 24 heavy (non-hydrogen) atoms. The van der Waals surface area contributed by atoms with Crippen LogP contribution in [0.4, 0.5) is 0 Å². The van der Waals surface area contributed by atoms with Gasteiger partial charge in [0.2, 0.25) is 10.0 Å². The van der Waals surface area contributed by atoms with Crippen LogP contribution in [0, 0.1) is 34.6 Å². The van der Waals surface area contributed by atoms with Crippen LogP contribution in [0.3, 0.4) is 0 Å². The lowest BCUT2D eigenvalue weighted by Gasteiger charge is -2.13. The number of aryl methyl sites for hydroxylation is 5. The molecular weight excluding hydrogens is 390 g/mol. The van der Waals surface area contributed by atoms with Gasteiger partial charge in [-0.25, -0.2) is 13.1 Å². The Hall–Kier alpha value is -1.18. The second-order valence-corrected chi connectivity index (χ2v) is 8.68. The summed E-state index contributed by atoms with van der Waals surface area (Å²) in [5.74, 6) is 0. The summed E-state index contributed by atoms with van der Waals surface area (Å²) < 4.78 is 30.8. The minimum absolute atomic E-state index is 0.380. The number of hydrogen-bond donors (Lipinski definition) is 1. The number of halogens is 1. The van der Waals surface area contributed by atoms with Crippen molar-refractivity contribution in [3.05, 3.63) is 44.7 Å². The number of hydrogen-bond acceptors (Lipinski definition) is 3. The number of rotatable bonds is 6. The summed E-state index contributed by atoms with van der Waals surface area (Å²) in [6.07, 6.45) is 0.678. The maximum absolute atomic E-state index is 12.6. The number of sulfonamides is 1. The Morgan fingerprint density at radius 3 is 2.21 bits per heavy atom. The zero-order chi connectivity index (χ0) is 18.1. The summed E-state index contributed by atoms with van der Waals surface area (Å²) in [6, 6.07) is 3.80. The lowest BCUT2D eigenvalue weighted by Crippen LogP contribution is -2.27. The first-order valence-corrected chi connectivity index (χ1v) is 10.2. The Morgan fingerprint density at radius 1 is 1.12 bits per heavy atom. The van der Waals surface area contributed by atoms with Crippen molar-refractivity contribution in [2.45, 2.75) is 52.5 Å². The van der Waals surface area contributed by atoms with E-state index in [0.717, 1.165) is 32.6 Å². The second-order valence-electron chi connectivity index (χ2n) is 6.19. The van der Waals surface area contributed by atoms with E-state index in [1.54, 1.807) is 0 Å². The van der Waals surface area contributed by atoms with Gasteiger partial charge in [-0.2, -0.15) is 5.10 Å². The fraction of sp³-hybridized carbons (Fsp3) is 0.471. The van der Waals surface area contributed by atoms with E-state index in [0.29, 0.717) is 24.4 Å². The SMILES string of the molecule is Cc1cc(C)c(S(=O)(=O)NCCCn2nc(C)c(Br)c2C)c(C)c1. The molecule has 0 aliphatic rings. The molecule has 1 aromatic carbocycles. The molecule has 1 aromatic heterocycles. The van der Waals surface area contributed by atoms with Crippen LogP contribution in [0.15, 0.2) is 21.5 Å². The van der Waals surface area contributed by atoms with Crippen LogP contribution in [-0.2, 0) is 16.6 Å². The molecule has 2 rings (SSSR count). The van der Waals surface area contributed by atoms with Gasteiger partial charge in [0.15, 0.2) is 0 Å². The highest BCUT2D eigenvalue weighted by Crippen LogP contribution is 2.22. The van der Waals surface area contributed by atoms with E-state index in [2.05, 4.69) is 25.8 Å². The predicted octanol–water partition coefficient (Wildman–Crippen LogP) is 3.56. The van der Waals surface area contributed by atoms with Gasteiger partial charge in [-0.1, -0.05) is 17.7 Å². The summed E-state index contributed by atoms with van der Waals surface area (Å²) in [4.78, 5) is 0.391. The van der Waals surface area contributed by atoms with E-state index in [1.807, 2.05) is 51.4 Å². The number of benzene rings is 1. The van der Waals surface area contributed by atoms with Gasteiger partial charge in [-0.15, -0.1) is 0 Å². The third-order valence-corrected chi connectivity index (χ3v) is 6.92. The summed E-state index contributed by atoms with van der Waals surface area (Å²) in [5.41, 5.74) is 4.63. The molecule has 0 atom stereocenters. The van der Waals surface area contributed by atoms with Gasteiger partial charge in [0.05, 0.1) is 15.1 Å². The molecule has 0 amide bonds. The van der Waals surface area contributed by atoms with Crippen molar-refractivity contribution in [2.24, 2.45) is 0 Å². The number of nitrogens with zero attached hydrogens (tertiary/aromatic N) is 2. The summed E-state index contributed by atoms with van der Waals surface area (Å²) in [6.45, 7) is 10.6. The highest BCUT2D eigenvalue weighted by atomic mass is 79.9. The molecule has 0 spiro atoms. The molecule has 5 nitrogen and oxygen atoms in total. The second kappa shape index (κ2) is 7.37. The molecule has 0 saturated heterocycles. The first-order chi connectivity index (χ1) is 11.1. The topological polar surface area (TPSA) is 64.0 Å². The molecule has 0 radical (unpaired) electrons. The van der Waals surface area contributed by atoms with Crippen LogP contribution < -0.4 is 4.72 Å². The zero-order valence-electron chi connectivity index (χ0n) is 14.8. The third-order valence-electron chi connectivity index (χ3n) is 4.01. The Bertz CT molecular complexity index is 834. The number of aromatic nitrogens is 2. The van der Waals surface area contributed by atoms with Gasteiger partial charge in [-0.3, -0.25) is 4.68 Å². The van der Waals surface area contributed by atoms with Crippen molar-refractivity contribution >= 4 is 26.0 Å². The quantitative estimate of drug-likeness (QED) is 0.736. The molecule has 7 heteroatoms. The molecular formula is C17H24BrN3O2S. The molecule has 0 unspecified atom stereocenters. The van der Waals surface area contributed by atoms with Crippen molar-refractivity contribution in [3.63, 3.8) is 0 Å². The predicted molar refractivity (Wildman–Crippen MR) is 99.9 cm³/mol. The van der Waals surface area contributed by atoms with Gasteiger partial charge in [-0.05, 0) is 68.1 Å². The first kappa shape index (κ1) is 19.1. The molecule has 2 aromatic rings. The van der Waals surface area contributed by atoms with Crippen LogP contribution in [0.1, 0.15) is 34.5 Å². The third kappa shape index (κ3) is 4.07. The Balaban J connectivity index is 2.02. The van der Waals surface area contributed by atoms with Crippen molar-refractivity contribution in [2.75, 3.05) is 6.54 Å². The minimum atomic E-state index is -3.49. The van der Waals surface area contributed by atoms with E-state index in [4.69, 9.17) is 0 Å². The zero-order valence-corrected chi connectivity index (χ0v) is 17.2. The van der Waals surface area contributed by atoms with E-state index in [9.17, 15) is 8.42 Å². The molecule has 0 aliphatic carbocycles. The minimum Gasteiger partial charge on any atom is -0.268 e.